The van der Waals surface area contributed by atoms with Crippen molar-refractivity contribution in [2.45, 2.75) is 38.6 Å². The average Bonchev–Trinajstić information content (AvgIpc) is 2.90. The lowest BCUT2D eigenvalue weighted by atomic mass is 9.99. The molecular weight excluding hydrogens is 344 g/mol. The fourth-order valence-electron chi connectivity index (χ4n) is 3.49. The molecule has 0 amide bonds. The summed E-state index contributed by atoms with van der Waals surface area (Å²) < 4.78 is 29.0. The quantitative estimate of drug-likeness (QED) is 0.645. The molecule has 2 heterocycles. The largest absolute Gasteiger partial charge is 0.389 e. The Morgan fingerprint density at radius 2 is 1.69 bits per heavy atom. The van der Waals surface area contributed by atoms with Crippen LogP contribution in [0.25, 0.3) is 11.1 Å². The first kappa shape index (κ1) is 18.9. The zero-order chi connectivity index (χ0) is 19.0. The van der Waals surface area contributed by atoms with Crippen molar-refractivity contribution in [1.29, 1.82) is 0 Å². The number of benzene rings is 1. The third kappa shape index (κ3) is 3.64. The van der Waals surface area contributed by atoms with Crippen molar-refractivity contribution in [3.05, 3.63) is 40.7 Å². The van der Waals surface area contributed by atoms with Gasteiger partial charge in [0.1, 0.15) is 17.7 Å². The molecular formula is C18H23F2N3O3. The maximum Gasteiger partial charge on any atom is 0.129 e. The summed E-state index contributed by atoms with van der Waals surface area (Å²) in [7, 11) is 0. The number of nitrogens with one attached hydrogen (secondary N) is 1. The Morgan fingerprint density at radius 1 is 1.12 bits per heavy atom. The van der Waals surface area contributed by atoms with E-state index in [1.165, 1.54) is 12.1 Å². The highest BCUT2D eigenvalue weighted by molar-refractivity contribution is 5.68. The van der Waals surface area contributed by atoms with E-state index in [-0.39, 0.29) is 31.6 Å². The van der Waals surface area contributed by atoms with Crippen LogP contribution in [0.15, 0.2) is 12.1 Å². The molecule has 1 saturated heterocycles. The number of nitrogens with zero attached hydrogens (tertiary/aromatic N) is 2. The van der Waals surface area contributed by atoms with Gasteiger partial charge in [-0.05, 0) is 38.0 Å². The molecule has 6 nitrogen and oxygen atoms in total. The number of aliphatic hydroxyl groups excluding tert-OH is 3. The van der Waals surface area contributed by atoms with Gasteiger partial charge in [0.15, 0.2) is 0 Å². The summed E-state index contributed by atoms with van der Waals surface area (Å²) in [6.45, 7) is 4.11. The Balaban J connectivity index is 1.75. The van der Waals surface area contributed by atoms with Gasteiger partial charge in [-0.1, -0.05) is 0 Å². The van der Waals surface area contributed by atoms with Gasteiger partial charge in [-0.3, -0.25) is 10.00 Å². The molecule has 1 fully saturated rings. The van der Waals surface area contributed by atoms with Crippen molar-refractivity contribution in [3.63, 3.8) is 0 Å². The summed E-state index contributed by atoms with van der Waals surface area (Å²) >= 11 is 0. The van der Waals surface area contributed by atoms with Crippen molar-refractivity contribution in [1.82, 2.24) is 15.1 Å². The molecule has 1 unspecified atom stereocenters. The van der Waals surface area contributed by atoms with Crippen molar-refractivity contribution < 1.29 is 24.1 Å². The first-order chi connectivity index (χ1) is 12.3. The topological polar surface area (TPSA) is 92.6 Å². The number of H-pyrrole nitrogens is 1. The summed E-state index contributed by atoms with van der Waals surface area (Å²) in [6.07, 6.45) is -3.26. The number of rotatable bonds is 4. The maximum absolute atomic E-state index is 14.5. The van der Waals surface area contributed by atoms with Crippen LogP contribution in [0, 0.1) is 25.5 Å². The fraction of sp³-hybridized carbons (Fsp3) is 0.500. The molecule has 1 aliphatic heterocycles. The van der Waals surface area contributed by atoms with Crippen LogP contribution in [0.5, 0.6) is 0 Å². The van der Waals surface area contributed by atoms with Crippen LogP contribution in [-0.4, -0.2) is 68.4 Å². The first-order valence-corrected chi connectivity index (χ1v) is 8.54. The number of hydrogen-bond acceptors (Lipinski definition) is 5. The summed E-state index contributed by atoms with van der Waals surface area (Å²) in [4.78, 5) is 1.68. The van der Waals surface area contributed by atoms with E-state index in [2.05, 4.69) is 10.2 Å². The molecule has 0 spiro atoms. The summed E-state index contributed by atoms with van der Waals surface area (Å²) in [5.74, 6) is -1.28. The summed E-state index contributed by atoms with van der Waals surface area (Å²) in [6, 6.07) is 2.60. The molecule has 2 aromatic rings. The molecule has 0 aliphatic carbocycles. The first-order valence-electron chi connectivity index (χ1n) is 8.54. The van der Waals surface area contributed by atoms with E-state index in [1.807, 2.05) is 0 Å². The van der Waals surface area contributed by atoms with Crippen LogP contribution >= 0.6 is 0 Å². The van der Waals surface area contributed by atoms with Gasteiger partial charge in [0.25, 0.3) is 0 Å². The minimum atomic E-state index is -1.19. The Labute approximate surface area is 150 Å². The van der Waals surface area contributed by atoms with E-state index in [9.17, 15) is 24.1 Å². The van der Waals surface area contributed by atoms with E-state index >= 15 is 0 Å². The lowest BCUT2D eigenvalue weighted by molar-refractivity contribution is -0.109. The SMILES string of the molecule is Cc1n[nH]c(C)c1-c1cc(F)c(CCN2C[C@@H](O)C(O)[C@@H](O)C2)c(F)c1. The number of β-amino-alcohol motifs (C(OH)–C–C–N with tert-alkyl or cyclic N) is 2. The second-order valence-corrected chi connectivity index (χ2v) is 6.86. The minimum Gasteiger partial charge on any atom is -0.389 e. The van der Waals surface area contributed by atoms with E-state index < -0.39 is 29.9 Å². The van der Waals surface area contributed by atoms with Crippen molar-refractivity contribution in [3.8, 4) is 11.1 Å². The van der Waals surface area contributed by atoms with Gasteiger partial charge in [0, 0.05) is 36.5 Å². The number of aryl methyl sites for hydroxylation is 2. The Bertz CT molecular complexity index is 741. The number of aromatic nitrogens is 2. The van der Waals surface area contributed by atoms with Gasteiger partial charge in [-0.15, -0.1) is 0 Å². The number of aliphatic hydroxyl groups is 3. The molecule has 3 rings (SSSR count). The Morgan fingerprint density at radius 3 is 2.19 bits per heavy atom. The molecule has 0 bridgehead atoms. The molecule has 4 N–H and O–H groups in total. The lowest BCUT2D eigenvalue weighted by Crippen LogP contribution is -2.55. The smallest absolute Gasteiger partial charge is 0.129 e. The second-order valence-electron chi connectivity index (χ2n) is 6.86. The van der Waals surface area contributed by atoms with Crippen LogP contribution in [0.2, 0.25) is 0 Å². The lowest BCUT2D eigenvalue weighted by Gasteiger charge is -2.36. The van der Waals surface area contributed by atoms with Gasteiger partial charge in [-0.25, -0.2) is 8.78 Å². The van der Waals surface area contributed by atoms with Crippen molar-refractivity contribution >= 4 is 0 Å². The van der Waals surface area contributed by atoms with Gasteiger partial charge in [0.2, 0.25) is 0 Å². The monoisotopic (exact) mass is 367 g/mol. The molecule has 8 heteroatoms. The average molecular weight is 367 g/mol. The van der Waals surface area contributed by atoms with Crippen LogP contribution in [0.3, 0.4) is 0 Å². The zero-order valence-electron chi connectivity index (χ0n) is 14.7. The third-order valence-corrected chi connectivity index (χ3v) is 4.91. The predicted octanol–water partition coefficient (Wildman–Crippen LogP) is 0.913. The van der Waals surface area contributed by atoms with Gasteiger partial charge in [0.05, 0.1) is 17.9 Å². The van der Waals surface area contributed by atoms with Crippen LogP contribution in [-0.2, 0) is 6.42 Å². The molecule has 1 aromatic heterocycles. The standard InChI is InChI=1S/C18H23F2N3O3/c1-9-17(10(2)22-21-9)11-5-13(19)12(14(20)6-11)3-4-23-7-15(24)18(26)16(25)8-23/h5-6,15-16,18,24-26H,3-4,7-8H2,1-2H3,(H,21,22)/t15-,16+,18?. The van der Waals surface area contributed by atoms with E-state index in [0.29, 0.717) is 16.8 Å². The molecule has 26 heavy (non-hydrogen) atoms. The van der Waals surface area contributed by atoms with E-state index in [4.69, 9.17) is 0 Å². The Hall–Kier alpha value is -1.87. The van der Waals surface area contributed by atoms with Crippen LogP contribution in [0.1, 0.15) is 17.0 Å². The molecule has 0 saturated carbocycles. The third-order valence-electron chi connectivity index (χ3n) is 4.91. The number of hydrogen-bond donors (Lipinski definition) is 4. The molecule has 3 atom stereocenters. The number of aromatic amines is 1. The van der Waals surface area contributed by atoms with E-state index in [0.717, 1.165) is 5.69 Å². The minimum absolute atomic E-state index is 0.0392. The molecule has 0 radical (unpaired) electrons. The van der Waals surface area contributed by atoms with Gasteiger partial charge < -0.3 is 15.3 Å². The summed E-state index contributed by atoms with van der Waals surface area (Å²) in [5, 5.41) is 35.8. The normalized spacial score (nSPS) is 24.2. The fourth-order valence-corrected chi connectivity index (χ4v) is 3.49. The molecule has 142 valence electrons. The van der Waals surface area contributed by atoms with Crippen molar-refractivity contribution in [2.24, 2.45) is 0 Å². The highest BCUT2D eigenvalue weighted by Gasteiger charge is 2.33. The van der Waals surface area contributed by atoms with Gasteiger partial charge >= 0.3 is 0 Å². The van der Waals surface area contributed by atoms with Crippen LogP contribution < -0.4 is 0 Å². The van der Waals surface area contributed by atoms with Gasteiger partial charge in [-0.2, -0.15) is 5.10 Å². The number of likely N-dealkylation sites (tertiary alicyclic amines) is 1. The highest BCUT2D eigenvalue weighted by atomic mass is 19.1. The Kier molecular flexibility index (Phi) is 5.38. The zero-order valence-corrected chi connectivity index (χ0v) is 14.7. The van der Waals surface area contributed by atoms with Crippen molar-refractivity contribution in [2.75, 3.05) is 19.6 Å². The molecule has 1 aliphatic rings. The predicted molar refractivity (Wildman–Crippen MR) is 91.6 cm³/mol. The van der Waals surface area contributed by atoms with Crippen LogP contribution in [0.4, 0.5) is 8.78 Å². The maximum atomic E-state index is 14.5. The van der Waals surface area contributed by atoms with E-state index in [1.54, 1.807) is 18.7 Å². The highest BCUT2D eigenvalue weighted by Crippen LogP contribution is 2.29. The number of halogens is 2. The molecule has 1 aromatic carbocycles. The number of piperidine rings is 1. The second kappa shape index (κ2) is 7.40. The summed E-state index contributed by atoms with van der Waals surface area (Å²) in [5.41, 5.74) is 2.49.